The summed E-state index contributed by atoms with van der Waals surface area (Å²) < 4.78 is 70.9. The quantitative estimate of drug-likeness (QED) is 0.0193. The number of ether oxygens (including phenoxy) is 8. The highest BCUT2D eigenvalue weighted by Crippen LogP contribution is 2.60. The second kappa shape index (κ2) is 41.2. The largest absolute Gasteiger partial charge is 0.491 e. The molecule has 0 bridgehead atoms. The summed E-state index contributed by atoms with van der Waals surface area (Å²) in [6.45, 7) is 11.0. The van der Waals surface area contributed by atoms with Gasteiger partial charge in [0.1, 0.15) is 70.7 Å². The number of carbonyl (C=O) groups excluding carboxylic acids is 6. The van der Waals surface area contributed by atoms with Gasteiger partial charge < -0.3 is 57.9 Å². The molecule has 28 nitrogen and oxygen atoms in total. The Kier molecular flexibility index (Phi) is 30.0. The summed E-state index contributed by atoms with van der Waals surface area (Å²) in [5.41, 5.74) is 1.68. The van der Waals surface area contributed by atoms with E-state index in [1.54, 1.807) is 26.8 Å². The number of aliphatic carboxylic acids is 2. The molecule has 6 aliphatic heterocycles. The molecule has 129 heavy (non-hydrogen) atoms. The minimum Gasteiger partial charge on any atom is -0.491 e. The first-order valence-corrected chi connectivity index (χ1v) is 49.5. The van der Waals surface area contributed by atoms with Crippen LogP contribution in [-0.4, -0.2) is 224 Å². The van der Waals surface area contributed by atoms with E-state index >= 15 is 0 Å². The molecule has 4 unspecified atom stereocenters. The number of ketones is 2. The average molecular weight is 1840 g/mol. The van der Waals surface area contributed by atoms with Crippen molar-refractivity contribution in [3.63, 3.8) is 0 Å². The second-order valence-corrected chi connectivity index (χ2v) is 41.5. The summed E-state index contributed by atoms with van der Waals surface area (Å²) >= 11 is 14.1. The lowest BCUT2D eigenvalue weighted by Gasteiger charge is -2.29. The van der Waals surface area contributed by atoms with E-state index in [4.69, 9.17) is 76.9 Å². The molecule has 14 aliphatic rings. The number of rotatable bonds is 24. The molecule has 3 aromatic carbocycles. The van der Waals surface area contributed by atoms with Crippen LogP contribution in [0.4, 0.5) is 0 Å². The summed E-state index contributed by atoms with van der Waals surface area (Å²) in [5.74, 6) is 5.16. The van der Waals surface area contributed by atoms with Crippen LogP contribution in [0.25, 0.3) is 21.8 Å². The van der Waals surface area contributed by atoms with Crippen molar-refractivity contribution < 1.29 is 94.9 Å². The Hall–Kier alpha value is -8.13. The topological polar surface area (TPSA) is 362 Å². The maximum Gasteiger partial charge on any atom is 0.310 e. The molecule has 5 N–H and O–H groups in total. The van der Waals surface area contributed by atoms with Gasteiger partial charge in [0.15, 0.2) is 11.6 Å². The number of aromatic nitrogens is 2. The highest BCUT2D eigenvalue weighted by Gasteiger charge is 2.63. The number of amides is 2. The molecule has 2 amide bonds. The van der Waals surface area contributed by atoms with Crippen molar-refractivity contribution >= 4 is 102 Å². The number of sulfonamides is 1. The molecular formula is C98H128Cl2N8O20S. The summed E-state index contributed by atoms with van der Waals surface area (Å²) in [6.07, 6.45) is 23.6. The van der Waals surface area contributed by atoms with Crippen LogP contribution in [0.15, 0.2) is 77.7 Å². The van der Waals surface area contributed by atoms with Crippen molar-refractivity contribution in [1.29, 1.82) is 0 Å². The highest BCUT2D eigenvalue weighted by molar-refractivity contribution is 7.89. The Bertz CT molecular complexity index is 5060. The number of carboxylic acids is 2. The summed E-state index contributed by atoms with van der Waals surface area (Å²) in [7, 11) is -3.49. The van der Waals surface area contributed by atoms with Gasteiger partial charge in [-0.3, -0.25) is 64.0 Å². The molecule has 5 saturated heterocycles. The molecule has 8 saturated carbocycles. The van der Waals surface area contributed by atoms with E-state index in [9.17, 15) is 57.0 Å². The van der Waals surface area contributed by atoms with Crippen LogP contribution in [0.5, 0.6) is 23.0 Å². The fourth-order valence-electron chi connectivity index (χ4n) is 21.4. The van der Waals surface area contributed by atoms with Crippen molar-refractivity contribution in [2.75, 3.05) is 92.0 Å². The maximum absolute atomic E-state index is 14.7. The summed E-state index contributed by atoms with van der Waals surface area (Å²) in [5, 5.41) is 23.0. The number of nitrogens with zero attached hydrogens (tertiary/aromatic N) is 6. The van der Waals surface area contributed by atoms with Crippen LogP contribution >= 0.6 is 23.2 Å². The number of carbonyl (C=O) groups is 8. The second-order valence-electron chi connectivity index (χ2n) is 39.0. The van der Waals surface area contributed by atoms with E-state index < -0.39 is 68.9 Å². The lowest BCUT2D eigenvalue weighted by molar-refractivity contribution is -0.154. The van der Waals surface area contributed by atoms with Crippen molar-refractivity contribution in [3.8, 4) is 23.0 Å². The van der Waals surface area contributed by atoms with E-state index in [2.05, 4.69) is 9.80 Å². The van der Waals surface area contributed by atoms with Crippen LogP contribution in [0.3, 0.4) is 0 Å². The zero-order chi connectivity index (χ0) is 89.1. The van der Waals surface area contributed by atoms with Gasteiger partial charge in [0.25, 0.3) is 10.0 Å². The Morgan fingerprint density at radius 2 is 0.984 bits per heavy atom. The number of benzene rings is 3. The molecular weight excluding hydrogens is 1710 g/mol. The molecule has 700 valence electrons. The number of nitrogens with one attached hydrogen (secondary N) is 1. The third-order valence-corrected chi connectivity index (χ3v) is 31.7. The van der Waals surface area contributed by atoms with Crippen molar-refractivity contribution in [2.24, 2.45) is 64.0 Å². The van der Waals surface area contributed by atoms with Gasteiger partial charge in [0.05, 0.1) is 91.2 Å². The van der Waals surface area contributed by atoms with Gasteiger partial charge in [-0.05, 0) is 188 Å². The van der Waals surface area contributed by atoms with Gasteiger partial charge in [-0.25, -0.2) is 8.42 Å². The number of hydrogen-bond donors (Lipinski definition) is 4. The predicted octanol–water partition coefficient (Wildman–Crippen LogP) is 14.5. The van der Waals surface area contributed by atoms with Crippen LogP contribution in [0.1, 0.15) is 229 Å². The highest BCUT2D eigenvalue weighted by atomic mass is 35.5. The first-order chi connectivity index (χ1) is 61.9. The number of halogens is 2. The molecule has 0 radical (unpaired) electrons. The number of hydrogen-bond acceptors (Lipinski definition) is 23. The van der Waals surface area contributed by atoms with Gasteiger partial charge in [0, 0.05) is 123 Å². The van der Waals surface area contributed by atoms with E-state index in [1.165, 1.54) is 25.0 Å². The van der Waals surface area contributed by atoms with Crippen LogP contribution in [-0.2, 0) is 67.3 Å². The Labute approximate surface area is 766 Å². The van der Waals surface area contributed by atoms with Gasteiger partial charge in [-0.2, -0.15) is 4.83 Å². The number of Topliss-reactive ketones (excluding diaryl/α,β-unsaturated/α-hetero) is 2. The van der Waals surface area contributed by atoms with Crippen LogP contribution in [0.2, 0.25) is 10.0 Å². The molecule has 0 spiro atoms. The van der Waals surface area contributed by atoms with Gasteiger partial charge in [0.2, 0.25) is 11.8 Å². The molecule has 31 heteroatoms. The number of carboxylic acid groups (broad SMARTS) is 2. The number of nitrogens with two attached hydrogens (primary N) is 1. The third kappa shape index (κ3) is 22.7. The third-order valence-electron chi connectivity index (χ3n) is 29.8. The molecule has 19 rings (SSSR count). The van der Waals surface area contributed by atoms with Crippen LogP contribution < -0.4 is 29.6 Å². The monoisotopic (exact) mass is 1840 g/mol. The van der Waals surface area contributed by atoms with E-state index in [0.29, 0.717) is 142 Å². The van der Waals surface area contributed by atoms with E-state index in [-0.39, 0.29) is 123 Å². The zero-order valence-electron chi connectivity index (χ0n) is 73.4. The molecule has 8 aliphatic carbocycles. The molecule has 2 aromatic heterocycles. The number of pyridine rings is 2. The van der Waals surface area contributed by atoms with Gasteiger partial charge in [-0.15, -0.1) is 0 Å². The first kappa shape index (κ1) is 94.1. The maximum atomic E-state index is 14.7. The lowest BCUT2D eigenvalue weighted by Crippen LogP contribution is -2.45. The molecule has 8 heterocycles. The first-order valence-electron chi connectivity index (χ1n) is 47.3. The Morgan fingerprint density at radius 1 is 0.543 bits per heavy atom. The molecule has 13 fully saturated rings. The molecule has 14 atom stereocenters. The fraction of sp³-hybridized carbons (Fsp3) is 0.653. The molecule has 5 aromatic rings. The van der Waals surface area contributed by atoms with Crippen molar-refractivity contribution in [3.05, 3.63) is 99.8 Å². The Balaban J connectivity index is 0.000000166. The number of allylic oxidation sites excluding steroid dienone is 2. The zero-order valence-corrected chi connectivity index (χ0v) is 75.8. The minimum atomic E-state index is -3.49. The summed E-state index contributed by atoms with van der Waals surface area (Å²) in [6, 6.07) is 16.1. The normalized spacial score (nSPS) is 30.9. The lowest BCUT2D eigenvalue weighted by atomic mass is 9.90. The summed E-state index contributed by atoms with van der Waals surface area (Å²) in [4.78, 5) is 130. The van der Waals surface area contributed by atoms with Crippen molar-refractivity contribution in [2.45, 2.75) is 260 Å². The average Bonchev–Trinajstić information content (AvgIpc) is 1.63. The fourth-order valence-corrected chi connectivity index (χ4v) is 22.6. The Morgan fingerprint density at radius 3 is 1.43 bits per heavy atom. The minimum absolute atomic E-state index is 0. The number of esters is 2. The predicted molar refractivity (Wildman–Crippen MR) is 482 cm³/mol. The number of aryl methyl sites for hydroxylation is 1. The SMILES string of the molecule is C.Cc1ccc(S(=O)(=O)NN)cc1.O=C(C[C@H]1CCCCC/C=C\[C@@H]2C[C@@]2(C(=O)O)CC(=O)[C@@H]2C[C@@H](Oc3cc(C4CC4)nc4c(Cl)c(OCCN5CCOCC5)ccc34)CN2C1=O)OC1CC2CC2C1.O=C(C[C@H]1CCCCCCC[C@@H]2C[C@@]2(C(=O)O)CC(=O)[C@@H]2C[C@@H](Oc3cc(C4CC4)nc4c(Cl)c(OCCN5CCOCC5)ccc34)CN2C1=O)OC1CC2CC2C1. The number of morpholine rings is 2. The van der Waals surface area contributed by atoms with E-state index in [0.717, 1.165) is 185 Å². The standard InChI is InChI=1S/C45H58ClN3O9.C45H56ClN3O9.C7H10N2O2S.CH4/c2*46-41-38(56-17-14-48-12-15-55-16-13-48)11-10-34-39(23-35(27-8-9-27)47-42(34)41)57-33-22-36-37(50)25-45(44(53)54)24-31(45)7-5-3-1-2-4-6-28(43(52)49(36)26-33)21-40(51)58-32-19-29-18-30(29)20-32;1-6-2-4-7(5-3-6)12(10,11)9-8;/h10-11,23,27-33,36H,1-9,12-22,24-26H2,(H,53,54);5,7,10-11,23,27-33,36H,1-4,6,8-9,12-22,24-26H2,(H,53,54);2-5,9H,8H2,1H3;1H4/b;7-5-;;/t2*28-,29?,30?,31-,32?,33-,36+,45-;;/m11../s1. The van der Waals surface area contributed by atoms with E-state index in [1.807, 2.05) is 55.5 Å². The van der Waals surface area contributed by atoms with Crippen LogP contribution in [0, 0.1) is 65.1 Å². The smallest absolute Gasteiger partial charge is 0.310 e. The van der Waals surface area contributed by atoms with Gasteiger partial charge >= 0.3 is 23.9 Å². The van der Waals surface area contributed by atoms with Crippen molar-refractivity contribution in [1.82, 2.24) is 34.4 Å². The number of hydrazine groups is 1. The number of fused-ring (bicyclic) bond motifs is 8. The van der Waals surface area contributed by atoms with Gasteiger partial charge in [-0.1, -0.05) is 105 Å².